The van der Waals surface area contributed by atoms with Crippen LogP contribution in [0, 0.1) is 17.5 Å². The highest BCUT2D eigenvalue weighted by molar-refractivity contribution is 8.00. The predicted molar refractivity (Wildman–Crippen MR) is 105 cm³/mol. The normalized spacial score (nSPS) is 17.1. The third-order valence-electron chi connectivity index (χ3n) is 4.21. The molecule has 1 atom stereocenters. The van der Waals surface area contributed by atoms with Gasteiger partial charge < -0.3 is 14.2 Å². The summed E-state index contributed by atoms with van der Waals surface area (Å²) >= 11 is 2.81. The smallest absolute Gasteiger partial charge is 0.233 e. The van der Waals surface area contributed by atoms with E-state index < -0.39 is 22.8 Å². The quantitative estimate of drug-likeness (QED) is 0.462. The Morgan fingerprint density at radius 2 is 1.93 bits per heavy atom. The highest BCUT2D eigenvalue weighted by atomic mass is 32.2. The van der Waals surface area contributed by atoms with Gasteiger partial charge in [0.15, 0.2) is 17.5 Å². The Morgan fingerprint density at radius 1 is 1.18 bits per heavy atom. The van der Waals surface area contributed by atoms with E-state index in [-0.39, 0.29) is 17.2 Å². The summed E-state index contributed by atoms with van der Waals surface area (Å²) in [6.07, 6.45) is 0. The number of carbonyl (C=O) groups excluding carboxylic acids is 1. The van der Waals surface area contributed by atoms with Crippen molar-refractivity contribution in [2.24, 2.45) is 0 Å². The lowest BCUT2D eigenvalue weighted by Gasteiger charge is -2.24. The highest BCUT2D eigenvalue weighted by Crippen LogP contribution is 2.40. The molecule has 1 unspecified atom stereocenters. The lowest BCUT2D eigenvalue weighted by Crippen LogP contribution is -2.31. The number of furan rings is 1. The first-order chi connectivity index (χ1) is 13.4. The van der Waals surface area contributed by atoms with Gasteiger partial charge in [-0.2, -0.15) is 11.8 Å². The fourth-order valence-corrected chi connectivity index (χ4v) is 4.97. The molecule has 0 spiro atoms. The van der Waals surface area contributed by atoms with Crippen LogP contribution in [-0.2, 0) is 17.1 Å². The predicted octanol–water partition coefficient (Wildman–Crippen LogP) is 4.27. The average molecular weight is 431 g/mol. The fraction of sp³-hybridized carbons (Fsp3) is 0.421. The molecule has 3 rings (SSSR count). The van der Waals surface area contributed by atoms with E-state index in [0.29, 0.717) is 18.1 Å². The van der Waals surface area contributed by atoms with Crippen molar-refractivity contribution in [1.29, 1.82) is 0 Å². The number of hydrogen-bond donors (Lipinski definition) is 0. The average Bonchev–Trinajstić information content (AvgIpc) is 3.23. The molecule has 1 aliphatic rings. The SMILES string of the molecule is CN(C)Cc1ccc(CSCCN2C(=O)CSC2c2ccc(F)c(F)c2F)o1. The van der Waals surface area contributed by atoms with E-state index in [4.69, 9.17) is 4.42 Å². The van der Waals surface area contributed by atoms with E-state index >= 15 is 0 Å². The first-order valence-electron chi connectivity index (χ1n) is 8.71. The molecule has 4 nitrogen and oxygen atoms in total. The number of rotatable bonds is 8. The van der Waals surface area contributed by atoms with Gasteiger partial charge in [0.25, 0.3) is 0 Å². The minimum Gasteiger partial charge on any atom is -0.464 e. The topological polar surface area (TPSA) is 36.7 Å². The molecule has 152 valence electrons. The number of amides is 1. The summed E-state index contributed by atoms with van der Waals surface area (Å²) in [7, 11) is 3.93. The molecule has 1 amide bonds. The first-order valence-corrected chi connectivity index (χ1v) is 10.9. The number of hydrogen-bond acceptors (Lipinski definition) is 5. The Bertz CT molecular complexity index is 845. The summed E-state index contributed by atoms with van der Waals surface area (Å²) in [6, 6.07) is 5.98. The van der Waals surface area contributed by atoms with Crippen molar-refractivity contribution in [1.82, 2.24) is 9.80 Å². The van der Waals surface area contributed by atoms with Crippen LogP contribution in [0.5, 0.6) is 0 Å². The molecule has 1 aromatic carbocycles. The molecule has 1 fully saturated rings. The largest absolute Gasteiger partial charge is 0.464 e. The Kier molecular flexibility index (Phi) is 7.00. The zero-order chi connectivity index (χ0) is 20.3. The van der Waals surface area contributed by atoms with Gasteiger partial charge >= 0.3 is 0 Å². The number of thioether (sulfide) groups is 2. The van der Waals surface area contributed by atoms with Crippen molar-refractivity contribution in [2.45, 2.75) is 17.7 Å². The van der Waals surface area contributed by atoms with Gasteiger partial charge in [-0.15, -0.1) is 11.8 Å². The summed E-state index contributed by atoms with van der Waals surface area (Å²) in [6.45, 7) is 1.12. The second kappa shape index (κ2) is 9.28. The van der Waals surface area contributed by atoms with Crippen molar-refractivity contribution in [3.05, 3.63) is 58.8 Å². The van der Waals surface area contributed by atoms with Crippen LogP contribution in [0.2, 0.25) is 0 Å². The molecule has 2 aromatic rings. The minimum absolute atomic E-state index is 0.000822. The summed E-state index contributed by atoms with van der Waals surface area (Å²) in [5, 5.41) is -0.640. The van der Waals surface area contributed by atoms with E-state index in [9.17, 15) is 18.0 Å². The molecule has 0 N–H and O–H groups in total. The Labute approximate surface area is 170 Å². The maximum absolute atomic E-state index is 14.1. The van der Waals surface area contributed by atoms with E-state index in [0.717, 1.165) is 24.1 Å². The van der Waals surface area contributed by atoms with Crippen LogP contribution in [0.1, 0.15) is 22.5 Å². The van der Waals surface area contributed by atoms with E-state index in [1.807, 2.05) is 31.1 Å². The maximum atomic E-state index is 14.1. The molecule has 9 heteroatoms. The molecule has 2 heterocycles. The van der Waals surface area contributed by atoms with E-state index in [2.05, 4.69) is 0 Å². The van der Waals surface area contributed by atoms with Gasteiger partial charge in [0.1, 0.15) is 16.9 Å². The lowest BCUT2D eigenvalue weighted by molar-refractivity contribution is -0.127. The second-order valence-corrected chi connectivity index (χ2v) is 8.85. The van der Waals surface area contributed by atoms with Gasteiger partial charge in [-0.25, -0.2) is 13.2 Å². The van der Waals surface area contributed by atoms with E-state index in [1.54, 1.807) is 11.8 Å². The molecule has 0 radical (unpaired) electrons. The summed E-state index contributed by atoms with van der Waals surface area (Å²) < 4.78 is 46.6. The van der Waals surface area contributed by atoms with Gasteiger partial charge in [0, 0.05) is 17.9 Å². The maximum Gasteiger partial charge on any atom is 0.233 e. The van der Waals surface area contributed by atoms with Crippen LogP contribution in [0.25, 0.3) is 0 Å². The minimum atomic E-state index is -1.50. The summed E-state index contributed by atoms with van der Waals surface area (Å²) in [4.78, 5) is 15.7. The van der Waals surface area contributed by atoms with E-state index in [1.165, 1.54) is 22.7 Å². The van der Waals surface area contributed by atoms with Crippen molar-refractivity contribution < 1.29 is 22.4 Å². The monoisotopic (exact) mass is 430 g/mol. The molecule has 0 saturated carbocycles. The van der Waals surface area contributed by atoms with Gasteiger partial charge in [-0.05, 0) is 32.3 Å². The van der Waals surface area contributed by atoms with Crippen LogP contribution in [0.4, 0.5) is 13.2 Å². The molecule has 1 saturated heterocycles. The number of nitrogens with zero attached hydrogens (tertiary/aromatic N) is 2. The van der Waals surface area contributed by atoms with Crippen molar-refractivity contribution >= 4 is 29.4 Å². The third kappa shape index (κ3) is 4.87. The Hall–Kier alpha value is -1.58. The third-order valence-corrected chi connectivity index (χ3v) is 6.41. The standard InChI is InChI=1S/C19H21F3N2O2S2/c1-23(2)9-12-3-4-13(26-12)10-27-8-7-24-16(25)11-28-19(24)14-5-6-15(20)18(22)17(14)21/h3-6,19H,7-11H2,1-2H3. The number of carbonyl (C=O) groups is 1. The zero-order valence-electron chi connectivity index (χ0n) is 15.6. The molecule has 28 heavy (non-hydrogen) atoms. The molecule has 1 aromatic heterocycles. The van der Waals surface area contributed by atoms with Gasteiger partial charge in [-0.1, -0.05) is 6.07 Å². The van der Waals surface area contributed by atoms with Crippen molar-refractivity contribution in [3.63, 3.8) is 0 Å². The Balaban J connectivity index is 1.56. The van der Waals surface area contributed by atoms with Crippen LogP contribution in [0.15, 0.2) is 28.7 Å². The van der Waals surface area contributed by atoms with Crippen LogP contribution >= 0.6 is 23.5 Å². The first kappa shape index (κ1) is 21.1. The molecule has 1 aliphatic heterocycles. The second-order valence-electron chi connectivity index (χ2n) is 6.67. The zero-order valence-corrected chi connectivity index (χ0v) is 17.2. The fourth-order valence-electron chi connectivity index (χ4n) is 2.92. The van der Waals surface area contributed by atoms with Crippen LogP contribution in [-0.4, -0.2) is 47.9 Å². The van der Waals surface area contributed by atoms with Crippen molar-refractivity contribution in [3.8, 4) is 0 Å². The van der Waals surface area contributed by atoms with Gasteiger partial charge in [0.05, 0.1) is 18.1 Å². The number of benzene rings is 1. The molecule has 0 bridgehead atoms. The van der Waals surface area contributed by atoms with Crippen LogP contribution in [0.3, 0.4) is 0 Å². The molecule has 0 aliphatic carbocycles. The van der Waals surface area contributed by atoms with Gasteiger partial charge in [0.2, 0.25) is 5.91 Å². The molecular formula is C19H21F3N2O2S2. The van der Waals surface area contributed by atoms with Crippen molar-refractivity contribution in [2.75, 3.05) is 32.1 Å². The van der Waals surface area contributed by atoms with Crippen LogP contribution < -0.4 is 0 Å². The summed E-state index contributed by atoms with van der Waals surface area (Å²) in [5.74, 6) is -0.875. The summed E-state index contributed by atoms with van der Waals surface area (Å²) in [5.41, 5.74) is -0.000822. The highest BCUT2D eigenvalue weighted by Gasteiger charge is 2.35. The lowest BCUT2D eigenvalue weighted by atomic mass is 10.1. The number of halogens is 3. The Morgan fingerprint density at radius 3 is 2.68 bits per heavy atom. The van der Waals surface area contributed by atoms with Gasteiger partial charge in [-0.3, -0.25) is 4.79 Å². The molecular weight excluding hydrogens is 409 g/mol.